The number of aryl methyl sites for hydroxylation is 1. The molecule has 4 rings (SSSR count). The van der Waals surface area contributed by atoms with Crippen molar-refractivity contribution in [3.8, 4) is 17.1 Å². The molecule has 3 heterocycles. The predicted octanol–water partition coefficient (Wildman–Crippen LogP) is 4.51. The summed E-state index contributed by atoms with van der Waals surface area (Å²) in [6.07, 6.45) is -1.94. The van der Waals surface area contributed by atoms with E-state index in [0.29, 0.717) is 30.3 Å². The molecule has 152 valence electrons. The fraction of sp³-hybridized carbons (Fsp3) is 0.316. The van der Waals surface area contributed by atoms with E-state index >= 15 is 0 Å². The van der Waals surface area contributed by atoms with Gasteiger partial charge in [-0.2, -0.15) is 18.2 Å². The molecule has 1 aliphatic rings. The largest absolute Gasteiger partial charge is 0.486 e. The lowest BCUT2D eigenvalue weighted by molar-refractivity contribution is -0.140. The molecule has 10 heteroatoms. The van der Waals surface area contributed by atoms with Crippen molar-refractivity contribution in [1.29, 1.82) is 0 Å². The molecule has 6 nitrogen and oxygen atoms in total. The van der Waals surface area contributed by atoms with Crippen LogP contribution in [0.25, 0.3) is 11.4 Å². The number of hydrogen-bond donors (Lipinski definition) is 0. The first-order valence-corrected chi connectivity index (χ1v) is 9.24. The number of ether oxygens (including phenoxy) is 1. The van der Waals surface area contributed by atoms with E-state index in [1.54, 1.807) is 25.4 Å². The Balaban J connectivity index is 1.61. The molecule has 0 fully saturated rings. The fourth-order valence-corrected chi connectivity index (χ4v) is 3.48. The molecule has 1 aliphatic heterocycles. The molecule has 1 atom stereocenters. The van der Waals surface area contributed by atoms with E-state index in [2.05, 4.69) is 19.9 Å². The van der Waals surface area contributed by atoms with E-state index in [-0.39, 0.29) is 17.1 Å². The summed E-state index contributed by atoms with van der Waals surface area (Å²) < 4.78 is 45.7. The highest BCUT2D eigenvalue weighted by Crippen LogP contribution is 2.36. The van der Waals surface area contributed by atoms with E-state index in [9.17, 15) is 13.2 Å². The summed E-state index contributed by atoms with van der Waals surface area (Å²) in [6.45, 7) is 3.13. The molecule has 1 aromatic carbocycles. The van der Waals surface area contributed by atoms with E-state index < -0.39 is 11.9 Å². The van der Waals surface area contributed by atoms with E-state index in [4.69, 9.17) is 16.3 Å². The van der Waals surface area contributed by atoms with Crippen LogP contribution in [-0.2, 0) is 13.2 Å². The van der Waals surface area contributed by atoms with Crippen LogP contribution in [0.5, 0.6) is 5.75 Å². The van der Waals surface area contributed by atoms with Gasteiger partial charge in [0.05, 0.1) is 18.8 Å². The number of halogens is 4. The van der Waals surface area contributed by atoms with Gasteiger partial charge in [-0.3, -0.25) is 0 Å². The van der Waals surface area contributed by atoms with Crippen LogP contribution >= 0.6 is 11.6 Å². The highest BCUT2D eigenvalue weighted by atomic mass is 35.5. The number of aromatic nitrogens is 4. The summed E-state index contributed by atoms with van der Waals surface area (Å²) in [5, 5.41) is 0.136. The van der Waals surface area contributed by atoms with Crippen molar-refractivity contribution in [3.63, 3.8) is 0 Å². The molecule has 1 unspecified atom stereocenters. The van der Waals surface area contributed by atoms with Gasteiger partial charge in [-0.05, 0) is 24.1 Å². The molecule has 2 aromatic heterocycles. The van der Waals surface area contributed by atoms with Crippen LogP contribution in [0, 0.1) is 0 Å². The maximum atomic E-state index is 12.9. The zero-order valence-corrected chi connectivity index (χ0v) is 16.4. The molecule has 0 N–H and O–H groups in total. The van der Waals surface area contributed by atoms with Gasteiger partial charge in [0.15, 0.2) is 17.3 Å². The Labute approximate surface area is 169 Å². The molecule has 0 radical (unpaired) electrons. The summed E-state index contributed by atoms with van der Waals surface area (Å²) in [5.41, 5.74) is 0.669. The number of alkyl halides is 3. The second kappa shape index (κ2) is 7.22. The zero-order valence-electron chi connectivity index (χ0n) is 15.6. The average Bonchev–Trinajstić information content (AvgIpc) is 3.09. The Morgan fingerprint density at radius 1 is 1.17 bits per heavy atom. The lowest BCUT2D eigenvalue weighted by Gasteiger charge is -2.34. The Hall–Kier alpha value is -2.81. The van der Waals surface area contributed by atoms with Crippen LogP contribution < -0.4 is 9.64 Å². The van der Waals surface area contributed by atoms with Crippen molar-refractivity contribution in [1.82, 2.24) is 19.5 Å². The Morgan fingerprint density at radius 3 is 2.55 bits per heavy atom. The van der Waals surface area contributed by atoms with E-state index in [0.717, 1.165) is 11.8 Å². The number of hydrogen-bond acceptors (Lipinski definition) is 5. The second-order valence-electron chi connectivity index (χ2n) is 6.73. The number of benzene rings is 1. The fourth-order valence-electron chi connectivity index (χ4n) is 3.35. The van der Waals surface area contributed by atoms with Crippen molar-refractivity contribution in [3.05, 3.63) is 53.2 Å². The Bertz CT molecular complexity index is 1040. The zero-order chi connectivity index (χ0) is 20.8. The number of imidazole rings is 1. The van der Waals surface area contributed by atoms with Crippen LogP contribution in [-0.4, -0.2) is 32.7 Å². The summed E-state index contributed by atoms with van der Waals surface area (Å²) in [5.74, 6) is 1.44. The minimum atomic E-state index is -4.47. The number of rotatable bonds is 3. The van der Waals surface area contributed by atoms with E-state index in [1.165, 1.54) is 4.57 Å². The van der Waals surface area contributed by atoms with Gasteiger partial charge in [-0.15, -0.1) is 0 Å². The summed E-state index contributed by atoms with van der Waals surface area (Å²) in [6, 6.07) is 7.23. The van der Waals surface area contributed by atoms with Crippen molar-refractivity contribution in [2.75, 3.05) is 18.1 Å². The molecule has 0 aliphatic carbocycles. The quantitative estimate of drug-likeness (QED) is 0.580. The van der Waals surface area contributed by atoms with Crippen LogP contribution in [0.3, 0.4) is 0 Å². The third-order valence-electron chi connectivity index (χ3n) is 4.85. The van der Waals surface area contributed by atoms with Crippen molar-refractivity contribution >= 4 is 17.4 Å². The smallest absolute Gasteiger partial charge is 0.434 e. The first kappa shape index (κ1) is 19.5. The first-order chi connectivity index (χ1) is 13.7. The number of anilines is 1. The van der Waals surface area contributed by atoms with Crippen molar-refractivity contribution in [2.45, 2.75) is 19.1 Å². The van der Waals surface area contributed by atoms with Gasteiger partial charge < -0.3 is 14.2 Å². The Kier molecular flexibility index (Phi) is 4.85. The minimum Gasteiger partial charge on any atom is -0.486 e. The van der Waals surface area contributed by atoms with Crippen LogP contribution in [0.1, 0.15) is 24.2 Å². The maximum absolute atomic E-state index is 12.9. The molecule has 3 aromatic rings. The molecule has 0 saturated heterocycles. The molecule has 0 bridgehead atoms. The van der Waals surface area contributed by atoms with Gasteiger partial charge in [-0.25, -0.2) is 9.97 Å². The van der Waals surface area contributed by atoms with Gasteiger partial charge in [0.25, 0.3) is 0 Å². The summed E-state index contributed by atoms with van der Waals surface area (Å²) >= 11 is 5.94. The van der Waals surface area contributed by atoms with Gasteiger partial charge >= 0.3 is 6.18 Å². The SMILES string of the molecule is CC(c1ccc(-c2nc(C(F)(F)F)cn2C)cc1)N1CCOc2cnc(Cl)nc21. The minimum absolute atomic E-state index is 0.0511. The lowest BCUT2D eigenvalue weighted by atomic mass is 10.0. The van der Waals surface area contributed by atoms with Gasteiger partial charge in [0, 0.05) is 18.8 Å². The average molecular weight is 424 g/mol. The monoisotopic (exact) mass is 423 g/mol. The van der Waals surface area contributed by atoms with Crippen molar-refractivity contribution in [2.24, 2.45) is 7.05 Å². The van der Waals surface area contributed by atoms with Gasteiger partial charge in [0.1, 0.15) is 12.4 Å². The Morgan fingerprint density at radius 2 is 1.90 bits per heavy atom. The van der Waals surface area contributed by atoms with Crippen LogP contribution in [0.4, 0.5) is 19.0 Å². The summed E-state index contributed by atoms with van der Waals surface area (Å²) in [7, 11) is 1.54. The third kappa shape index (κ3) is 3.74. The number of nitrogens with zero attached hydrogens (tertiary/aromatic N) is 5. The molecule has 29 heavy (non-hydrogen) atoms. The van der Waals surface area contributed by atoms with Gasteiger partial charge in [0.2, 0.25) is 5.28 Å². The normalized spacial score (nSPS) is 15.0. The van der Waals surface area contributed by atoms with Gasteiger partial charge in [-0.1, -0.05) is 24.3 Å². The molecule has 0 amide bonds. The second-order valence-corrected chi connectivity index (χ2v) is 7.06. The first-order valence-electron chi connectivity index (χ1n) is 8.87. The van der Waals surface area contributed by atoms with Crippen molar-refractivity contribution < 1.29 is 17.9 Å². The molecular weight excluding hydrogens is 407 g/mol. The highest BCUT2D eigenvalue weighted by Gasteiger charge is 2.34. The summed E-state index contributed by atoms with van der Waals surface area (Å²) in [4.78, 5) is 14.0. The molecular formula is C19H17ClF3N5O. The van der Waals surface area contributed by atoms with Crippen LogP contribution in [0.15, 0.2) is 36.7 Å². The highest BCUT2D eigenvalue weighted by molar-refractivity contribution is 6.28. The number of fused-ring (bicyclic) bond motifs is 1. The molecule has 0 saturated carbocycles. The van der Waals surface area contributed by atoms with E-state index in [1.807, 2.05) is 19.1 Å². The third-order valence-corrected chi connectivity index (χ3v) is 5.04. The predicted molar refractivity (Wildman–Crippen MR) is 102 cm³/mol. The van der Waals surface area contributed by atoms with Crippen LogP contribution in [0.2, 0.25) is 5.28 Å². The standard InChI is InChI=1S/C19H17ClF3N5O/c1-11(28-7-8-29-14-9-24-18(20)26-17(14)28)12-3-5-13(6-4-12)16-25-15(10-27(16)2)19(21,22)23/h3-6,9-11H,7-8H2,1-2H3. The maximum Gasteiger partial charge on any atom is 0.434 e. The lowest BCUT2D eigenvalue weighted by Crippen LogP contribution is -2.35. The molecule has 0 spiro atoms. The topological polar surface area (TPSA) is 56.1 Å².